The van der Waals surface area contributed by atoms with Crippen LogP contribution in [-0.4, -0.2) is 21.8 Å². The quantitative estimate of drug-likeness (QED) is 0.500. The van der Waals surface area contributed by atoms with Crippen molar-refractivity contribution in [2.24, 2.45) is 10.3 Å². The van der Waals surface area contributed by atoms with Crippen LogP contribution in [0.3, 0.4) is 0 Å². The second-order valence-corrected chi connectivity index (χ2v) is 4.92. The number of nitriles is 2. The molecule has 0 amide bonds. The molecule has 0 saturated carbocycles. The molecule has 0 aromatic heterocycles. The summed E-state index contributed by atoms with van der Waals surface area (Å²) >= 11 is 0. The van der Waals surface area contributed by atoms with Crippen LogP contribution >= 0.6 is 0 Å². The third-order valence-corrected chi connectivity index (χ3v) is 3.55. The molecular formula is C18H14N4O2. The number of hydrogen-bond acceptors (Lipinski definition) is 6. The molecule has 0 bridgehead atoms. The molecule has 0 saturated heterocycles. The highest BCUT2D eigenvalue weighted by atomic mass is 16.4. The third kappa shape index (κ3) is 3.40. The molecule has 0 heterocycles. The van der Waals surface area contributed by atoms with Gasteiger partial charge in [-0.25, -0.2) is 0 Å². The molecule has 0 aliphatic heterocycles. The average Bonchev–Trinajstić information content (AvgIpc) is 2.66. The van der Waals surface area contributed by atoms with Gasteiger partial charge in [0.15, 0.2) is 0 Å². The lowest BCUT2D eigenvalue weighted by atomic mass is 9.85. The maximum absolute atomic E-state index is 9.49. The average molecular weight is 318 g/mol. The SMILES string of the molecule is N#CC(C(=N\O)/C(=N/O)C(C#N)c1ccccc1)c1ccccc1. The molecule has 2 aromatic carbocycles. The van der Waals surface area contributed by atoms with Crippen molar-refractivity contribution in [2.45, 2.75) is 11.8 Å². The zero-order valence-corrected chi connectivity index (χ0v) is 12.6. The van der Waals surface area contributed by atoms with E-state index in [1.165, 1.54) is 0 Å². The standard InChI is InChI=1S/C18H14N4O2/c19-11-15(13-7-3-1-4-8-13)17(21-23)18(22-24)16(12-20)14-9-5-2-6-10-14/h1-10,15-16,23-24H/b21-17+,22-18+. The minimum atomic E-state index is -0.971. The van der Waals surface area contributed by atoms with E-state index < -0.39 is 11.8 Å². The zero-order chi connectivity index (χ0) is 17.4. The Balaban J connectivity index is 2.48. The van der Waals surface area contributed by atoms with Gasteiger partial charge in [-0.1, -0.05) is 71.0 Å². The van der Waals surface area contributed by atoms with Gasteiger partial charge in [-0.3, -0.25) is 0 Å². The lowest BCUT2D eigenvalue weighted by molar-refractivity contribution is 0.312. The molecule has 118 valence electrons. The Morgan fingerprint density at radius 2 is 1.04 bits per heavy atom. The summed E-state index contributed by atoms with van der Waals surface area (Å²) in [6.45, 7) is 0. The summed E-state index contributed by atoms with van der Waals surface area (Å²) in [6.07, 6.45) is 0. The first-order valence-electron chi connectivity index (χ1n) is 7.10. The Kier molecular flexibility index (Phi) is 5.65. The Morgan fingerprint density at radius 3 is 1.29 bits per heavy atom. The maximum atomic E-state index is 9.49. The van der Waals surface area contributed by atoms with Crippen LogP contribution in [0, 0.1) is 22.7 Å². The summed E-state index contributed by atoms with van der Waals surface area (Å²) < 4.78 is 0. The normalized spacial score (nSPS) is 14.2. The molecule has 6 nitrogen and oxygen atoms in total. The van der Waals surface area contributed by atoms with Gasteiger partial charge in [0, 0.05) is 0 Å². The van der Waals surface area contributed by atoms with Gasteiger partial charge in [0.1, 0.15) is 23.3 Å². The molecule has 0 aliphatic carbocycles. The van der Waals surface area contributed by atoms with E-state index in [0.29, 0.717) is 11.1 Å². The molecule has 2 N–H and O–H groups in total. The first-order valence-corrected chi connectivity index (χ1v) is 7.10. The number of hydrogen-bond donors (Lipinski definition) is 2. The van der Waals surface area contributed by atoms with Gasteiger partial charge < -0.3 is 10.4 Å². The van der Waals surface area contributed by atoms with E-state index in [2.05, 4.69) is 10.3 Å². The van der Waals surface area contributed by atoms with Crippen LogP contribution in [-0.2, 0) is 0 Å². The fourth-order valence-corrected chi connectivity index (χ4v) is 2.39. The third-order valence-electron chi connectivity index (χ3n) is 3.55. The van der Waals surface area contributed by atoms with Crippen LogP contribution in [0.25, 0.3) is 0 Å². The van der Waals surface area contributed by atoms with E-state index in [1.807, 2.05) is 12.1 Å². The molecule has 2 atom stereocenters. The first-order chi connectivity index (χ1) is 11.8. The van der Waals surface area contributed by atoms with Crippen molar-refractivity contribution >= 4 is 11.4 Å². The summed E-state index contributed by atoms with van der Waals surface area (Å²) in [4.78, 5) is 0. The lowest BCUT2D eigenvalue weighted by Crippen LogP contribution is -2.27. The van der Waals surface area contributed by atoms with Crippen LogP contribution in [0.5, 0.6) is 0 Å². The van der Waals surface area contributed by atoms with Gasteiger partial charge in [0.05, 0.1) is 12.1 Å². The van der Waals surface area contributed by atoms with Crippen molar-refractivity contribution in [2.75, 3.05) is 0 Å². The van der Waals surface area contributed by atoms with E-state index in [0.717, 1.165) is 0 Å². The Labute approximate surface area is 139 Å². The van der Waals surface area contributed by atoms with Crippen molar-refractivity contribution in [3.8, 4) is 12.1 Å². The van der Waals surface area contributed by atoms with Crippen molar-refractivity contribution in [3.63, 3.8) is 0 Å². The maximum Gasteiger partial charge on any atom is 0.128 e. The van der Waals surface area contributed by atoms with Gasteiger partial charge in [-0.05, 0) is 11.1 Å². The molecular weight excluding hydrogens is 304 g/mol. The molecule has 0 aliphatic rings. The van der Waals surface area contributed by atoms with Crippen molar-refractivity contribution in [3.05, 3.63) is 71.8 Å². The fraction of sp³-hybridized carbons (Fsp3) is 0.111. The smallest absolute Gasteiger partial charge is 0.128 e. The second kappa shape index (κ2) is 8.11. The topological polar surface area (TPSA) is 113 Å². The number of benzene rings is 2. The number of oxime groups is 2. The molecule has 6 heteroatoms. The minimum absolute atomic E-state index is 0.165. The highest BCUT2D eigenvalue weighted by Crippen LogP contribution is 2.24. The fourth-order valence-electron chi connectivity index (χ4n) is 2.39. The first kappa shape index (κ1) is 16.7. The summed E-state index contributed by atoms with van der Waals surface area (Å²) in [6, 6.07) is 21.3. The summed E-state index contributed by atoms with van der Waals surface area (Å²) in [5.74, 6) is -1.94. The van der Waals surface area contributed by atoms with Crippen molar-refractivity contribution in [1.82, 2.24) is 0 Å². The van der Waals surface area contributed by atoms with Gasteiger partial charge in [0.25, 0.3) is 0 Å². The highest BCUT2D eigenvalue weighted by molar-refractivity contribution is 6.46. The lowest BCUT2D eigenvalue weighted by Gasteiger charge is -2.16. The van der Waals surface area contributed by atoms with Crippen molar-refractivity contribution in [1.29, 1.82) is 10.5 Å². The predicted molar refractivity (Wildman–Crippen MR) is 88.0 cm³/mol. The molecule has 2 unspecified atom stereocenters. The van der Waals surface area contributed by atoms with Gasteiger partial charge in [0.2, 0.25) is 0 Å². The van der Waals surface area contributed by atoms with Gasteiger partial charge in [-0.15, -0.1) is 0 Å². The predicted octanol–water partition coefficient (Wildman–Crippen LogP) is 3.26. The highest BCUT2D eigenvalue weighted by Gasteiger charge is 2.31. The van der Waals surface area contributed by atoms with E-state index in [-0.39, 0.29) is 11.4 Å². The summed E-state index contributed by atoms with van der Waals surface area (Å²) in [5, 5.41) is 44.1. The molecule has 0 radical (unpaired) electrons. The molecule has 2 rings (SSSR count). The van der Waals surface area contributed by atoms with Crippen molar-refractivity contribution < 1.29 is 10.4 Å². The van der Waals surface area contributed by atoms with E-state index in [9.17, 15) is 20.9 Å². The van der Waals surface area contributed by atoms with E-state index >= 15 is 0 Å². The Bertz CT molecular complexity index is 746. The zero-order valence-electron chi connectivity index (χ0n) is 12.6. The molecule has 24 heavy (non-hydrogen) atoms. The van der Waals surface area contributed by atoms with E-state index in [1.54, 1.807) is 60.7 Å². The van der Waals surface area contributed by atoms with Crippen LogP contribution in [0.4, 0.5) is 0 Å². The second-order valence-electron chi connectivity index (χ2n) is 4.92. The Hall–Kier alpha value is -3.64. The van der Waals surface area contributed by atoms with Crippen LogP contribution in [0.1, 0.15) is 23.0 Å². The Morgan fingerprint density at radius 1 is 0.708 bits per heavy atom. The molecule has 0 fully saturated rings. The summed E-state index contributed by atoms with van der Waals surface area (Å²) in [7, 11) is 0. The summed E-state index contributed by atoms with van der Waals surface area (Å²) in [5.41, 5.74) is 0.806. The van der Waals surface area contributed by atoms with Gasteiger partial charge >= 0.3 is 0 Å². The molecule has 2 aromatic rings. The monoisotopic (exact) mass is 318 g/mol. The number of rotatable bonds is 5. The number of nitrogens with zero attached hydrogens (tertiary/aromatic N) is 4. The molecule has 0 spiro atoms. The minimum Gasteiger partial charge on any atom is -0.411 e. The largest absolute Gasteiger partial charge is 0.411 e. The van der Waals surface area contributed by atoms with Crippen LogP contribution in [0.15, 0.2) is 71.0 Å². The van der Waals surface area contributed by atoms with Gasteiger partial charge in [-0.2, -0.15) is 10.5 Å². The van der Waals surface area contributed by atoms with Crippen LogP contribution in [0.2, 0.25) is 0 Å². The van der Waals surface area contributed by atoms with E-state index in [4.69, 9.17) is 0 Å². The van der Waals surface area contributed by atoms with Crippen LogP contribution < -0.4 is 0 Å².